The molecule has 21 heavy (non-hydrogen) atoms. The first-order valence-corrected chi connectivity index (χ1v) is 8.84. The molecule has 0 amide bonds. The predicted molar refractivity (Wildman–Crippen MR) is 86.2 cm³/mol. The fraction of sp³-hybridized carbons (Fsp3) is 0.722. The Kier molecular flexibility index (Phi) is 3.50. The summed E-state index contributed by atoms with van der Waals surface area (Å²) in [7, 11) is 0. The van der Waals surface area contributed by atoms with Crippen molar-refractivity contribution in [3.8, 4) is 0 Å². The number of pyridine rings is 1. The number of aromatic nitrogens is 1. The lowest BCUT2D eigenvalue weighted by atomic mass is 9.48. The Hall–Kier alpha value is -0.600. The molecule has 1 heterocycles. The monoisotopic (exact) mass is 304 g/mol. The Morgan fingerprint density at radius 3 is 2.43 bits per heavy atom. The molecule has 1 atom stereocenters. The summed E-state index contributed by atoms with van der Waals surface area (Å²) >= 11 is 6.22. The van der Waals surface area contributed by atoms with Gasteiger partial charge in [-0.2, -0.15) is 0 Å². The van der Waals surface area contributed by atoms with Gasteiger partial charge in [0, 0.05) is 25.0 Å². The number of rotatable bonds is 4. The average molecular weight is 305 g/mol. The molecule has 3 heteroatoms. The lowest BCUT2D eigenvalue weighted by Crippen LogP contribution is -2.54. The van der Waals surface area contributed by atoms with Crippen LogP contribution in [0.15, 0.2) is 18.5 Å². The Morgan fingerprint density at radius 1 is 1.24 bits per heavy atom. The van der Waals surface area contributed by atoms with Gasteiger partial charge in [-0.05, 0) is 80.2 Å². The van der Waals surface area contributed by atoms with Crippen LogP contribution in [0.2, 0.25) is 5.02 Å². The fourth-order valence-corrected chi connectivity index (χ4v) is 5.92. The average Bonchev–Trinajstić information content (AvgIpc) is 2.44. The van der Waals surface area contributed by atoms with E-state index < -0.39 is 0 Å². The van der Waals surface area contributed by atoms with E-state index >= 15 is 0 Å². The summed E-state index contributed by atoms with van der Waals surface area (Å²) in [6.45, 7) is 3.27. The topological polar surface area (TPSA) is 24.9 Å². The SMILES string of the molecule is CC(NCc1ccncc1Cl)C12CC3CC(CC(C3)C1)C2. The predicted octanol–water partition coefficient (Wildman–Crippen LogP) is 4.43. The summed E-state index contributed by atoms with van der Waals surface area (Å²) in [6.07, 6.45) is 12.5. The van der Waals surface area contributed by atoms with Crippen molar-refractivity contribution >= 4 is 11.6 Å². The molecule has 2 nitrogen and oxygen atoms in total. The van der Waals surface area contributed by atoms with Crippen LogP contribution in [0.25, 0.3) is 0 Å². The number of nitrogens with zero attached hydrogens (tertiary/aromatic N) is 1. The zero-order valence-corrected chi connectivity index (χ0v) is 13.6. The summed E-state index contributed by atoms with van der Waals surface area (Å²) in [4.78, 5) is 4.07. The molecule has 1 N–H and O–H groups in total. The second kappa shape index (κ2) is 5.24. The molecule has 114 valence electrons. The van der Waals surface area contributed by atoms with Crippen LogP contribution in [0.4, 0.5) is 0 Å². The first-order chi connectivity index (χ1) is 10.1. The van der Waals surface area contributed by atoms with Gasteiger partial charge in [0.1, 0.15) is 0 Å². The van der Waals surface area contributed by atoms with Gasteiger partial charge in [-0.25, -0.2) is 0 Å². The lowest BCUT2D eigenvalue weighted by Gasteiger charge is -2.59. The van der Waals surface area contributed by atoms with Crippen molar-refractivity contribution in [3.63, 3.8) is 0 Å². The van der Waals surface area contributed by atoms with E-state index in [2.05, 4.69) is 17.2 Å². The molecule has 0 aliphatic heterocycles. The second-order valence-corrected chi connectivity index (χ2v) is 8.26. The normalized spacial score (nSPS) is 38.7. The number of nitrogens with one attached hydrogen (secondary N) is 1. The maximum atomic E-state index is 6.22. The Balaban J connectivity index is 1.45. The molecule has 4 aliphatic carbocycles. The van der Waals surface area contributed by atoms with Crippen molar-refractivity contribution in [1.82, 2.24) is 10.3 Å². The highest BCUT2D eigenvalue weighted by molar-refractivity contribution is 6.31. The van der Waals surface area contributed by atoms with E-state index in [9.17, 15) is 0 Å². The van der Waals surface area contributed by atoms with Crippen LogP contribution in [0.3, 0.4) is 0 Å². The molecule has 5 rings (SSSR count). The van der Waals surface area contributed by atoms with Crippen LogP contribution in [0.1, 0.15) is 51.0 Å². The molecular weight excluding hydrogens is 280 g/mol. The Morgan fingerprint density at radius 2 is 1.86 bits per heavy atom. The number of hydrogen-bond acceptors (Lipinski definition) is 2. The van der Waals surface area contributed by atoms with Crippen molar-refractivity contribution in [2.75, 3.05) is 0 Å². The molecule has 0 spiro atoms. The zero-order valence-electron chi connectivity index (χ0n) is 12.8. The summed E-state index contributed by atoms with van der Waals surface area (Å²) < 4.78 is 0. The molecule has 4 aliphatic rings. The van der Waals surface area contributed by atoms with Gasteiger partial charge in [0.25, 0.3) is 0 Å². The van der Waals surface area contributed by atoms with Crippen LogP contribution in [0, 0.1) is 23.2 Å². The fourth-order valence-electron chi connectivity index (χ4n) is 5.73. The quantitative estimate of drug-likeness (QED) is 0.890. The van der Waals surface area contributed by atoms with E-state index in [0.29, 0.717) is 11.5 Å². The Bertz CT molecular complexity index is 492. The van der Waals surface area contributed by atoms with Gasteiger partial charge in [-0.1, -0.05) is 11.6 Å². The van der Waals surface area contributed by atoms with Gasteiger partial charge < -0.3 is 5.32 Å². The highest BCUT2D eigenvalue weighted by Gasteiger charge is 2.52. The van der Waals surface area contributed by atoms with E-state index in [1.54, 1.807) is 6.20 Å². The van der Waals surface area contributed by atoms with Gasteiger partial charge in [-0.3, -0.25) is 4.98 Å². The minimum Gasteiger partial charge on any atom is -0.310 e. The summed E-state index contributed by atoms with van der Waals surface area (Å²) in [6, 6.07) is 2.62. The van der Waals surface area contributed by atoms with E-state index in [1.807, 2.05) is 12.3 Å². The molecule has 1 unspecified atom stereocenters. The maximum Gasteiger partial charge on any atom is 0.0634 e. The summed E-state index contributed by atoms with van der Waals surface area (Å²) in [5, 5.41) is 4.56. The van der Waals surface area contributed by atoms with Crippen LogP contribution in [0.5, 0.6) is 0 Å². The molecule has 4 fully saturated rings. The highest BCUT2D eigenvalue weighted by atomic mass is 35.5. The molecule has 4 bridgehead atoms. The van der Waals surface area contributed by atoms with Crippen molar-refractivity contribution in [2.45, 2.75) is 58.0 Å². The van der Waals surface area contributed by atoms with Crippen molar-refractivity contribution in [3.05, 3.63) is 29.0 Å². The Labute approximate surface area is 132 Å². The van der Waals surface area contributed by atoms with E-state index in [-0.39, 0.29) is 0 Å². The number of halogens is 1. The molecule has 1 aromatic rings. The largest absolute Gasteiger partial charge is 0.310 e. The van der Waals surface area contributed by atoms with E-state index in [1.165, 1.54) is 44.1 Å². The maximum absolute atomic E-state index is 6.22. The molecular formula is C18H25ClN2. The van der Waals surface area contributed by atoms with Crippen LogP contribution < -0.4 is 5.32 Å². The van der Waals surface area contributed by atoms with E-state index in [4.69, 9.17) is 11.6 Å². The first kappa shape index (κ1) is 14.0. The number of hydrogen-bond donors (Lipinski definition) is 1. The molecule has 1 aromatic heterocycles. The summed E-state index contributed by atoms with van der Waals surface area (Å²) in [5.74, 6) is 3.06. The van der Waals surface area contributed by atoms with Crippen LogP contribution in [-0.4, -0.2) is 11.0 Å². The third kappa shape index (κ3) is 2.51. The third-order valence-electron chi connectivity index (χ3n) is 6.46. The molecule has 0 radical (unpaired) electrons. The van der Waals surface area contributed by atoms with Gasteiger partial charge >= 0.3 is 0 Å². The molecule has 0 saturated heterocycles. The smallest absolute Gasteiger partial charge is 0.0634 e. The standard InChI is InChI=1S/C18H25ClN2/c1-12(21-10-16-2-3-20-11-17(16)19)18-7-13-4-14(8-18)6-15(5-13)9-18/h2-3,11-15,21H,4-10H2,1H3. The van der Waals surface area contributed by atoms with Crippen LogP contribution in [-0.2, 0) is 6.54 Å². The van der Waals surface area contributed by atoms with Gasteiger partial charge in [0.15, 0.2) is 0 Å². The van der Waals surface area contributed by atoms with Crippen LogP contribution >= 0.6 is 11.6 Å². The van der Waals surface area contributed by atoms with Gasteiger partial charge in [-0.15, -0.1) is 0 Å². The zero-order chi connectivity index (χ0) is 14.4. The van der Waals surface area contributed by atoms with Crippen molar-refractivity contribution in [1.29, 1.82) is 0 Å². The lowest BCUT2D eigenvalue weighted by molar-refractivity contribution is -0.0706. The first-order valence-electron chi connectivity index (χ1n) is 8.46. The van der Waals surface area contributed by atoms with E-state index in [0.717, 1.165) is 29.3 Å². The van der Waals surface area contributed by atoms with Gasteiger partial charge in [0.2, 0.25) is 0 Å². The minimum absolute atomic E-state index is 0.564. The third-order valence-corrected chi connectivity index (χ3v) is 6.80. The molecule has 4 saturated carbocycles. The highest BCUT2D eigenvalue weighted by Crippen LogP contribution is 2.61. The minimum atomic E-state index is 0.564. The second-order valence-electron chi connectivity index (χ2n) is 7.85. The van der Waals surface area contributed by atoms with Crippen molar-refractivity contribution in [2.24, 2.45) is 23.2 Å². The van der Waals surface area contributed by atoms with Gasteiger partial charge in [0.05, 0.1) is 5.02 Å². The van der Waals surface area contributed by atoms with Crippen molar-refractivity contribution < 1.29 is 0 Å². The summed E-state index contributed by atoms with van der Waals surface area (Å²) in [5.41, 5.74) is 1.73. The molecule has 0 aromatic carbocycles.